The van der Waals surface area contributed by atoms with Crippen LogP contribution >= 0.6 is 11.6 Å². The number of carboxylic acids is 1. The Kier molecular flexibility index (Phi) is 4.87. The molecule has 3 rings (SSSR count). The molecule has 2 aliphatic rings. The largest absolute Gasteiger partial charge is 0.480 e. The first-order valence-electron chi connectivity index (χ1n) is 7.92. The van der Waals surface area contributed by atoms with Crippen LogP contribution < -0.4 is 0 Å². The van der Waals surface area contributed by atoms with Crippen molar-refractivity contribution < 1.29 is 19.4 Å². The van der Waals surface area contributed by atoms with Gasteiger partial charge in [-0.25, -0.2) is 0 Å². The zero-order valence-electron chi connectivity index (χ0n) is 12.8. The van der Waals surface area contributed by atoms with Crippen LogP contribution in [0.2, 0.25) is 5.02 Å². The molecule has 0 bridgehead atoms. The fraction of sp³-hybridized carbons (Fsp3) is 0.529. The second-order valence-corrected chi connectivity index (χ2v) is 6.58. The van der Waals surface area contributed by atoms with Crippen LogP contribution in [0.4, 0.5) is 0 Å². The van der Waals surface area contributed by atoms with E-state index in [1.165, 1.54) is 4.90 Å². The number of nitrogens with zero attached hydrogens (tertiary/aromatic N) is 1. The summed E-state index contributed by atoms with van der Waals surface area (Å²) in [4.78, 5) is 25.5. The van der Waals surface area contributed by atoms with Gasteiger partial charge in [-0.1, -0.05) is 29.8 Å². The highest BCUT2D eigenvalue weighted by molar-refractivity contribution is 6.31. The number of amides is 1. The van der Waals surface area contributed by atoms with Gasteiger partial charge >= 0.3 is 5.97 Å². The Bertz CT molecular complexity index is 600. The molecule has 1 saturated heterocycles. The van der Waals surface area contributed by atoms with Crippen molar-refractivity contribution in [1.29, 1.82) is 0 Å². The summed E-state index contributed by atoms with van der Waals surface area (Å²) in [7, 11) is 0. The molecule has 2 atom stereocenters. The molecule has 1 aliphatic carbocycles. The summed E-state index contributed by atoms with van der Waals surface area (Å²) >= 11 is 6.21. The molecule has 1 N–H and O–H groups in total. The topological polar surface area (TPSA) is 66.8 Å². The maximum absolute atomic E-state index is 12.8. The van der Waals surface area contributed by atoms with Crippen LogP contribution in [-0.2, 0) is 14.3 Å². The summed E-state index contributed by atoms with van der Waals surface area (Å²) in [5.74, 6) is -1.09. The number of carboxylic acid groups (broad SMARTS) is 1. The molecule has 1 saturated carbocycles. The third-order valence-electron chi connectivity index (χ3n) is 4.63. The summed E-state index contributed by atoms with van der Waals surface area (Å²) in [5.41, 5.74) is 0.981. The minimum absolute atomic E-state index is 0.0418. The number of halogens is 1. The fourth-order valence-electron chi connectivity index (χ4n) is 3.33. The van der Waals surface area contributed by atoms with E-state index in [2.05, 4.69) is 0 Å². The van der Waals surface area contributed by atoms with Gasteiger partial charge in [0.15, 0.2) is 0 Å². The summed E-state index contributed by atoms with van der Waals surface area (Å²) in [5, 5.41) is 9.82. The van der Waals surface area contributed by atoms with E-state index in [9.17, 15) is 9.59 Å². The summed E-state index contributed by atoms with van der Waals surface area (Å²) < 4.78 is 5.31. The van der Waals surface area contributed by atoms with E-state index in [4.69, 9.17) is 21.4 Å². The maximum atomic E-state index is 12.8. The van der Waals surface area contributed by atoms with Gasteiger partial charge in [-0.2, -0.15) is 0 Å². The van der Waals surface area contributed by atoms with Gasteiger partial charge in [0.1, 0.15) is 6.54 Å². The SMILES string of the molecule is O=C(O)CN(C(=O)C1CC1c1ccccc1Cl)C1CCOCC1. The molecular formula is C17H20ClNO4. The third kappa shape index (κ3) is 3.67. The number of carbonyl (C=O) groups is 2. The molecule has 0 spiro atoms. The zero-order chi connectivity index (χ0) is 16.4. The molecule has 1 aromatic carbocycles. The maximum Gasteiger partial charge on any atom is 0.323 e. The molecule has 23 heavy (non-hydrogen) atoms. The van der Waals surface area contributed by atoms with E-state index >= 15 is 0 Å². The van der Waals surface area contributed by atoms with Gasteiger partial charge < -0.3 is 14.7 Å². The molecule has 0 aromatic heterocycles. The van der Waals surface area contributed by atoms with E-state index in [1.54, 1.807) is 0 Å². The number of benzene rings is 1. The van der Waals surface area contributed by atoms with Crippen molar-refractivity contribution in [3.05, 3.63) is 34.9 Å². The lowest BCUT2D eigenvalue weighted by Crippen LogP contribution is -2.46. The van der Waals surface area contributed by atoms with Crippen LogP contribution in [0.1, 0.15) is 30.7 Å². The van der Waals surface area contributed by atoms with Crippen LogP contribution in [0.25, 0.3) is 0 Å². The smallest absolute Gasteiger partial charge is 0.323 e. The number of ether oxygens (including phenoxy) is 1. The number of hydrogen-bond acceptors (Lipinski definition) is 3. The Morgan fingerprint density at radius 2 is 1.96 bits per heavy atom. The lowest BCUT2D eigenvalue weighted by atomic mass is 10.0. The molecule has 0 radical (unpaired) electrons. The minimum Gasteiger partial charge on any atom is -0.480 e. The number of rotatable bonds is 5. The Balaban J connectivity index is 1.71. The molecule has 5 nitrogen and oxygen atoms in total. The van der Waals surface area contributed by atoms with Gasteiger partial charge in [0.05, 0.1) is 0 Å². The molecule has 1 aliphatic heterocycles. The van der Waals surface area contributed by atoms with Crippen LogP contribution in [0.3, 0.4) is 0 Å². The van der Waals surface area contributed by atoms with Crippen LogP contribution in [0, 0.1) is 5.92 Å². The second kappa shape index (κ2) is 6.89. The average molecular weight is 338 g/mol. The van der Waals surface area contributed by atoms with Crippen molar-refractivity contribution in [3.63, 3.8) is 0 Å². The van der Waals surface area contributed by atoms with Crippen LogP contribution in [0.15, 0.2) is 24.3 Å². The van der Waals surface area contributed by atoms with E-state index in [1.807, 2.05) is 24.3 Å². The Morgan fingerprint density at radius 1 is 1.26 bits per heavy atom. The fourth-order valence-corrected chi connectivity index (χ4v) is 3.61. The van der Waals surface area contributed by atoms with Crippen LogP contribution in [-0.4, -0.2) is 47.7 Å². The molecule has 1 aromatic rings. The van der Waals surface area contributed by atoms with E-state index in [0.717, 1.165) is 12.0 Å². The normalized spacial score (nSPS) is 24.2. The highest BCUT2D eigenvalue weighted by Crippen LogP contribution is 2.50. The predicted octanol–water partition coefficient (Wildman–Crippen LogP) is 2.54. The Labute approximate surface area is 140 Å². The van der Waals surface area contributed by atoms with Crippen LogP contribution in [0.5, 0.6) is 0 Å². The average Bonchev–Trinajstić information content (AvgIpc) is 3.33. The summed E-state index contributed by atoms with van der Waals surface area (Å²) in [6.07, 6.45) is 2.13. The van der Waals surface area contributed by atoms with E-state index in [0.29, 0.717) is 31.1 Å². The molecule has 2 fully saturated rings. The van der Waals surface area contributed by atoms with Crippen molar-refractivity contribution in [2.75, 3.05) is 19.8 Å². The van der Waals surface area contributed by atoms with E-state index < -0.39 is 5.97 Å². The van der Waals surface area contributed by atoms with Crippen molar-refractivity contribution in [2.45, 2.75) is 31.2 Å². The number of aliphatic carboxylic acids is 1. The zero-order valence-corrected chi connectivity index (χ0v) is 13.5. The lowest BCUT2D eigenvalue weighted by molar-refractivity contribution is -0.148. The summed E-state index contributed by atoms with van der Waals surface area (Å²) in [6.45, 7) is 0.911. The number of hydrogen-bond donors (Lipinski definition) is 1. The quantitative estimate of drug-likeness (QED) is 0.896. The Hall–Kier alpha value is -1.59. The second-order valence-electron chi connectivity index (χ2n) is 6.17. The van der Waals surface area contributed by atoms with Gasteiger partial charge in [0.25, 0.3) is 0 Å². The molecule has 1 heterocycles. The highest BCUT2D eigenvalue weighted by atomic mass is 35.5. The van der Waals surface area contributed by atoms with Gasteiger partial charge in [0.2, 0.25) is 5.91 Å². The minimum atomic E-state index is -0.972. The van der Waals surface area contributed by atoms with Crippen molar-refractivity contribution in [3.8, 4) is 0 Å². The third-order valence-corrected chi connectivity index (χ3v) is 4.98. The Morgan fingerprint density at radius 3 is 2.61 bits per heavy atom. The first-order valence-corrected chi connectivity index (χ1v) is 8.30. The number of carbonyl (C=O) groups excluding carboxylic acids is 1. The molecule has 124 valence electrons. The van der Waals surface area contributed by atoms with Gasteiger partial charge in [0, 0.05) is 30.2 Å². The first-order chi connectivity index (χ1) is 11.1. The highest BCUT2D eigenvalue weighted by Gasteiger charge is 2.47. The lowest BCUT2D eigenvalue weighted by Gasteiger charge is -2.33. The monoisotopic (exact) mass is 337 g/mol. The van der Waals surface area contributed by atoms with E-state index in [-0.39, 0.29) is 30.3 Å². The first kappa shape index (κ1) is 16.3. The van der Waals surface area contributed by atoms with Gasteiger partial charge in [-0.3, -0.25) is 9.59 Å². The van der Waals surface area contributed by atoms with Gasteiger partial charge in [-0.05, 0) is 36.8 Å². The van der Waals surface area contributed by atoms with Crippen molar-refractivity contribution >= 4 is 23.5 Å². The standard InChI is InChI=1S/C17H20ClNO4/c18-15-4-2-1-3-12(15)13-9-14(13)17(22)19(10-16(20)21)11-5-7-23-8-6-11/h1-4,11,13-14H,5-10H2,(H,20,21). The molecule has 6 heteroatoms. The van der Waals surface area contributed by atoms with Gasteiger partial charge in [-0.15, -0.1) is 0 Å². The molecule has 1 amide bonds. The molecular weight excluding hydrogens is 318 g/mol. The predicted molar refractivity (Wildman–Crippen MR) is 85.5 cm³/mol. The van der Waals surface area contributed by atoms with Crippen molar-refractivity contribution in [1.82, 2.24) is 4.90 Å². The van der Waals surface area contributed by atoms with Crippen molar-refractivity contribution in [2.24, 2.45) is 5.92 Å². The summed E-state index contributed by atoms with van der Waals surface area (Å²) in [6, 6.07) is 7.50. The molecule has 2 unspecified atom stereocenters.